The Bertz CT molecular complexity index is 616. The van der Waals surface area contributed by atoms with Crippen LogP contribution >= 0.6 is 0 Å². The van der Waals surface area contributed by atoms with Crippen LogP contribution in [0.25, 0.3) is 0 Å². The molecule has 1 aromatic rings. The van der Waals surface area contributed by atoms with Gasteiger partial charge < -0.3 is 24.8 Å². The van der Waals surface area contributed by atoms with Gasteiger partial charge in [-0.25, -0.2) is 4.39 Å². The molecular formula is C19H28FNO7. The lowest BCUT2D eigenvalue weighted by atomic mass is 9.73. The number of likely N-dealkylation sites (tertiary alicyclic amines) is 1. The average Bonchev–Trinajstić information content (AvgIpc) is 2.64. The van der Waals surface area contributed by atoms with Crippen LogP contribution in [0.3, 0.4) is 0 Å². The minimum atomic E-state index is -1.35. The molecule has 158 valence electrons. The molecule has 9 heteroatoms. The standard InChI is InChI=1S/C18H26FNO5.CH2O2/c1-24-9-10-25-8-7-20-6-5-16(21)18(13-20,17(22)23)12-14-3-2-4-15(19)11-14;2-1-3/h2-4,11,16,21H,5-10,12-13H2,1H3,(H,22,23);1H,(H,2,3)/t16-,18-;/m1./s1. The van der Waals surface area contributed by atoms with Crippen LogP contribution in [-0.2, 0) is 25.5 Å². The van der Waals surface area contributed by atoms with Gasteiger partial charge in [-0.1, -0.05) is 12.1 Å². The van der Waals surface area contributed by atoms with E-state index in [9.17, 15) is 19.4 Å². The van der Waals surface area contributed by atoms with Gasteiger partial charge in [-0.15, -0.1) is 0 Å². The summed E-state index contributed by atoms with van der Waals surface area (Å²) in [7, 11) is 1.60. The van der Waals surface area contributed by atoms with Gasteiger partial charge in [0.15, 0.2) is 0 Å². The molecule has 0 spiro atoms. The van der Waals surface area contributed by atoms with Gasteiger partial charge in [0.1, 0.15) is 11.2 Å². The number of piperidine rings is 1. The maximum absolute atomic E-state index is 13.4. The third-order valence-corrected chi connectivity index (χ3v) is 4.68. The lowest BCUT2D eigenvalue weighted by Crippen LogP contribution is -2.57. The van der Waals surface area contributed by atoms with Crippen molar-refractivity contribution < 1.29 is 38.8 Å². The zero-order valence-electron chi connectivity index (χ0n) is 15.9. The predicted octanol–water partition coefficient (Wildman–Crippen LogP) is 0.870. The normalized spacial score (nSPS) is 22.2. The Hall–Kier alpha value is -2.07. The van der Waals surface area contributed by atoms with Crippen LogP contribution < -0.4 is 0 Å². The highest BCUT2D eigenvalue weighted by Crippen LogP contribution is 2.34. The minimum absolute atomic E-state index is 0.0856. The lowest BCUT2D eigenvalue weighted by Gasteiger charge is -2.43. The van der Waals surface area contributed by atoms with Crippen LogP contribution in [0, 0.1) is 11.2 Å². The first kappa shape index (κ1) is 24.0. The predicted molar refractivity (Wildman–Crippen MR) is 98.6 cm³/mol. The first-order chi connectivity index (χ1) is 13.4. The van der Waals surface area contributed by atoms with Crippen LogP contribution in [0.2, 0.25) is 0 Å². The highest BCUT2D eigenvalue weighted by atomic mass is 19.1. The lowest BCUT2D eigenvalue weighted by molar-refractivity contribution is -0.163. The molecule has 1 fully saturated rings. The molecule has 0 aromatic heterocycles. The van der Waals surface area contributed by atoms with E-state index in [-0.39, 0.29) is 19.4 Å². The topological polar surface area (TPSA) is 117 Å². The van der Waals surface area contributed by atoms with Crippen molar-refractivity contribution in [2.75, 3.05) is 46.6 Å². The van der Waals surface area contributed by atoms with E-state index in [4.69, 9.17) is 19.4 Å². The van der Waals surface area contributed by atoms with Crippen molar-refractivity contribution in [3.63, 3.8) is 0 Å². The number of aliphatic carboxylic acids is 1. The Balaban J connectivity index is 0.00000122. The number of hydrogen-bond donors (Lipinski definition) is 3. The third-order valence-electron chi connectivity index (χ3n) is 4.68. The Labute approximate surface area is 163 Å². The summed E-state index contributed by atoms with van der Waals surface area (Å²) in [6, 6.07) is 5.88. The second kappa shape index (κ2) is 12.4. The number of methoxy groups -OCH3 is 1. The number of rotatable bonds is 9. The molecule has 0 radical (unpaired) electrons. The van der Waals surface area contributed by atoms with Gasteiger partial charge in [0.05, 0.1) is 25.9 Å². The number of aliphatic hydroxyl groups is 1. The van der Waals surface area contributed by atoms with Crippen molar-refractivity contribution in [3.8, 4) is 0 Å². The summed E-state index contributed by atoms with van der Waals surface area (Å²) in [5.41, 5.74) is -0.780. The van der Waals surface area contributed by atoms with Crippen molar-refractivity contribution >= 4 is 12.4 Å². The van der Waals surface area contributed by atoms with E-state index < -0.39 is 23.3 Å². The molecule has 0 bridgehead atoms. The Morgan fingerprint density at radius 2 is 2.11 bits per heavy atom. The van der Waals surface area contributed by atoms with Gasteiger partial charge in [-0.2, -0.15) is 0 Å². The molecule has 8 nitrogen and oxygen atoms in total. The second-order valence-corrected chi connectivity index (χ2v) is 6.56. The van der Waals surface area contributed by atoms with Crippen molar-refractivity contribution in [1.29, 1.82) is 0 Å². The average molecular weight is 401 g/mol. The van der Waals surface area contributed by atoms with Crippen molar-refractivity contribution in [2.24, 2.45) is 5.41 Å². The monoisotopic (exact) mass is 401 g/mol. The largest absolute Gasteiger partial charge is 0.483 e. The Kier molecular flexibility index (Phi) is 10.6. The van der Waals surface area contributed by atoms with Gasteiger partial charge in [0.25, 0.3) is 6.47 Å². The molecule has 1 saturated heterocycles. The van der Waals surface area contributed by atoms with E-state index in [0.29, 0.717) is 44.9 Å². The summed E-state index contributed by atoms with van der Waals surface area (Å²) in [6.07, 6.45) is -0.527. The molecule has 1 aliphatic heterocycles. The number of halogens is 1. The number of carbonyl (C=O) groups is 2. The van der Waals surface area contributed by atoms with Gasteiger partial charge in [-0.05, 0) is 30.5 Å². The van der Waals surface area contributed by atoms with E-state index in [1.54, 1.807) is 19.2 Å². The number of nitrogens with zero attached hydrogens (tertiary/aromatic N) is 1. The minimum Gasteiger partial charge on any atom is -0.483 e. The number of carboxylic acids is 1. The van der Waals surface area contributed by atoms with Crippen LogP contribution in [0.5, 0.6) is 0 Å². The number of aliphatic hydroxyl groups excluding tert-OH is 1. The quantitative estimate of drug-likeness (QED) is 0.412. The molecule has 0 saturated carbocycles. The zero-order valence-corrected chi connectivity index (χ0v) is 15.9. The van der Waals surface area contributed by atoms with E-state index in [2.05, 4.69) is 0 Å². The summed E-state index contributed by atoms with van der Waals surface area (Å²) in [6.45, 7) is 2.60. The van der Waals surface area contributed by atoms with Gasteiger partial charge >= 0.3 is 5.97 Å². The summed E-state index contributed by atoms with van der Waals surface area (Å²) < 4.78 is 23.8. The summed E-state index contributed by atoms with van der Waals surface area (Å²) >= 11 is 0. The first-order valence-electron chi connectivity index (χ1n) is 8.92. The molecule has 1 aromatic carbocycles. The first-order valence-corrected chi connectivity index (χ1v) is 8.92. The van der Waals surface area contributed by atoms with E-state index in [1.807, 2.05) is 4.90 Å². The van der Waals surface area contributed by atoms with E-state index in [0.717, 1.165) is 0 Å². The maximum atomic E-state index is 13.4. The SMILES string of the molecule is COCCOCCN1CC[C@@H](O)[C@](Cc2cccc(F)c2)(C(=O)O)C1.O=CO. The highest BCUT2D eigenvalue weighted by molar-refractivity contribution is 5.76. The number of benzene rings is 1. The van der Waals surface area contributed by atoms with Gasteiger partial charge in [0.2, 0.25) is 0 Å². The number of carboxylic acid groups (broad SMARTS) is 2. The molecule has 2 rings (SSSR count). The highest BCUT2D eigenvalue weighted by Gasteiger charge is 2.49. The Morgan fingerprint density at radius 1 is 1.39 bits per heavy atom. The molecule has 1 heterocycles. The van der Waals surface area contributed by atoms with Gasteiger partial charge in [-0.3, -0.25) is 14.5 Å². The fourth-order valence-electron chi connectivity index (χ4n) is 3.26. The summed E-state index contributed by atoms with van der Waals surface area (Å²) in [4.78, 5) is 22.3. The summed E-state index contributed by atoms with van der Waals surface area (Å²) in [5, 5.41) is 27.1. The van der Waals surface area contributed by atoms with Crippen LogP contribution in [0.4, 0.5) is 4.39 Å². The molecule has 0 amide bonds. The van der Waals surface area contributed by atoms with E-state index in [1.165, 1.54) is 12.1 Å². The molecular weight excluding hydrogens is 373 g/mol. The molecule has 0 unspecified atom stereocenters. The van der Waals surface area contributed by atoms with Gasteiger partial charge in [0, 0.05) is 26.7 Å². The molecule has 0 aliphatic carbocycles. The van der Waals surface area contributed by atoms with E-state index >= 15 is 0 Å². The van der Waals surface area contributed by atoms with Crippen molar-refractivity contribution in [1.82, 2.24) is 4.90 Å². The van der Waals surface area contributed by atoms with Crippen LogP contribution in [0.1, 0.15) is 12.0 Å². The van der Waals surface area contributed by atoms with Crippen molar-refractivity contribution in [2.45, 2.75) is 18.9 Å². The summed E-state index contributed by atoms with van der Waals surface area (Å²) in [5.74, 6) is -1.47. The Morgan fingerprint density at radius 3 is 2.71 bits per heavy atom. The molecule has 3 N–H and O–H groups in total. The maximum Gasteiger partial charge on any atom is 0.313 e. The molecule has 28 heavy (non-hydrogen) atoms. The fourth-order valence-corrected chi connectivity index (χ4v) is 3.26. The number of hydrogen-bond acceptors (Lipinski definition) is 6. The number of ether oxygens (including phenoxy) is 2. The van der Waals surface area contributed by atoms with Crippen LogP contribution in [-0.4, -0.2) is 85.3 Å². The second-order valence-electron chi connectivity index (χ2n) is 6.56. The third kappa shape index (κ3) is 7.16. The van der Waals surface area contributed by atoms with Crippen LogP contribution in [0.15, 0.2) is 24.3 Å². The molecule has 2 atom stereocenters. The van der Waals surface area contributed by atoms with Crippen molar-refractivity contribution in [3.05, 3.63) is 35.6 Å². The molecule has 1 aliphatic rings. The smallest absolute Gasteiger partial charge is 0.313 e. The zero-order chi connectivity index (χ0) is 21.0. The fraction of sp³-hybridized carbons (Fsp3) is 0.579.